The van der Waals surface area contributed by atoms with Gasteiger partial charge in [-0.1, -0.05) is 42.5 Å². The number of carboxylic acid groups (broad SMARTS) is 1. The first-order valence-corrected chi connectivity index (χ1v) is 14.4. The normalized spacial score (nSPS) is 26.7. The summed E-state index contributed by atoms with van der Waals surface area (Å²) >= 11 is 0. The standard InChI is InChI=1S/C32H34N4O6/c1-41-22-12-13-24-26(15-22)34-25(20-9-5-4-6-10-20)17-28(24)42-23-16-27-29(37)35-32(30(38)39)18-21(32)11-7-2-3-8-14-33-31(40)36(27)19-23/h4-7,9-13,15,17,21,23,27H,2-3,8,14,16,18-19H2,1H3,(H,33,40)(H,35,37)(H,38,39)/b11-7-/t21-,23-,27+,32-/m1/s1. The van der Waals surface area contributed by atoms with Gasteiger partial charge in [-0.15, -0.1) is 0 Å². The van der Waals surface area contributed by atoms with Crippen LogP contribution in [-0.2, 0) is 9.59 Å². The molecule has 6 rings (SSSR count). The molecule has 3 N–H and O–H groups in total. The molecule has 10 heteroatoms. The molecule has 4 atom stereocenters. The number of rotatable bonds is 5. The van der Waals surface area contributed by atoms with E-state index in [0.717, 1.165) is 35.9 Å². The number of urea groups is 1. The Morgan fingerprint density at radius 2 is 1.95 bits per heavy atom. The molecule has 2 fully saturated rings. The first-order valence-electron chi connectivity index (χ1n) is 14.4. The summed E-state index contributed by atoms with van der Waals surface area (Å²) in [6, 6.07) is 16.0. The maximum Gasteiger partial charge on any atom is 0.330 e. The number of hydrogen-bond acceptors (Lipinski definition) is 6. The van der Waals surface area contributed by atoms with Crippen molar-refractivity contribution in [2.45, 2.75) is 49.8 Å². The number of aliphatic carboxylic acids is 1. The third-order valence-corrected chi connectivity index (χ3v) is 8.35. The zero-order chi connectivity index (χ0) is 29.3. The van der Waals surface area contributed by atoms with E-state index >= 15 is 0 Å². The highest BCUT2D eigenvalue weighted by molar-refractivity contribution is 5.95. The van der Waals surface area contributed by atoms with Gasteiger partial charge in [-0.05, 0) is 37.8 Å². The van der Waals surface area contributed by atoms with Gasteiger partial charge in [0.1, 0.15) is 29.2 Å². The van der Waals surface area contributed by atoms with Gasteiger partial charge in [-0.25, -0.2) is 14.6 Å². The molecule has 0 unspecified atom stereocenters. The number of carbonyl (C=O) groups is 3. The Labute approximate surface area is 243 Å². The smallest absolute Gasteiger partial charge is 0.330 e. The molecule has 42 heavy (non-hydrogen) atoms. The Hall–Kier alpha value is -4.60. The van der Waals surface area contributed by atoms with Crippen molar-refractivity contribution in [3.8, 4) is 22.8 Å². The van der Waals surface area contributed by atoms with E-state index in [-0.39, 0.29) is 24.9 Å². The largest absolute Gasteiger partial charge is 0.497 e. The highest BCUT2D eigenvalue weighted by Crippen LogP contribution is 2.45. The number of carboxylic acids is 1. The molecule has 1 aromatic heterocycles. The van der Waals surface area contributed by atoms with E-state index in [1.807, 2.05) is 66.7 Å². The second-order valence-corrected chi connectivity index (χ2v) is 11.1. The second kappa shape index (κ2) is 11.3. The van der Waals surface area contributed by atoms with Crippen LogP contribution in [0, 0.1) is 5.92 Å². The average molecular weight is 571 g/mol. The van der Waals surface area contributed by atoms with Gasteiger partial charge in [0, 0.05) is 42.0 Å². The Bertz CT molecular complexity index is 1540. The summed E-state index contributed by atoms with van der Waals surface area (Å²) in [7, 11) is 1.60. The molecule has 3 heterocycles. The van der Waals surface area contributed by atoms with Crippen LogP contribution in [0.15, 0.2) is 66.7 Å². The quantitative estimate of drug-likeness (QED) is 0.393. The number of nitrogens with one attached hydrogen (secondary N) is 2. The summed E-state index contributed by atoms with van der Waals surface area (Å²) in [5.41, 5.74) is 0.981. The van der Waals surface area contributed by atoms with Gasteiger partial charge in [-0.3, -0.25) is 4.79 Å². The number of carbonyl (C=O) groups excluding carboxylic acids is 2. The van der Waals surface area contributed by atoms with Crippen LogP contribution in [-0.4, -0.2) is 70.8 Å². The highest BCUT2D eigenvalue weighted by atomic mass is 16.5. The van der Waals surface area contributed by atoms with Gasteiger partial charge < -0.3 is 30.1 Å². The third-order valence-electron chi connectivity index (χ3n) is 8.35. The van der Waals surface area contributed by atoms with Gasteiger partial charge in [0.25, 0.3) is 0 Å². The molecule has 0 radical (unpaired) electrons. The fourth-order valence-electron chi connectivity index (χ4n) is 5.90. The number of ether oxygens (including phenoxy) is 2. The number of hydrogen-bond donors (Lipinski definition) is 3. The third kappa shape index (κ3) is 5.36. The second-order valence-electron chi connectivity index (χ2n) is 11.1. The lowest BCUT2D eigenvalue weighted by Crippen LogP contribution is -2.54. The molecule has 1 aliphatic carbocycles. The van der Waals surface area contributed by atoms with Crippen LogP contribution in [0.2, 0.25) is 0 Å². The Balaban J connectivity index is 1.31. The molecule has 0 bridgehead atoms. The van der Waals surface area contributed by atoms with Crippen molar-refractivity contribution in [1.82, 2.24) is 20.5 Å². The molecule has 2 aromatic carbocycles. The summed E-state index contributed by atoms with van der Waals surface area (Å²) in [5.74, 6) is -0.578. The topological polar surface area (TPSA) is 130 Å². The summed E-state index contributed by atoms with van der Waals surface area (Å²) in [4.78, 5) is 45.4. The van der Waals surface area contributed by atoms with E-state index in [1.165, 1.54) is 4.90 Å². The number of fused-ring (bicyclic) bond motifs is 3. The van der Waals surface area contributed by atoms with Crippen molar-refractivity contribution in [3.05, 3.63) is 66.7 Å². The molecule has 218 valence electrons. The monoisotopic (exact) mass is 570 g/mol. The SMILES string of the molecule is COc1ccc2c(O[C@@H]3C[C@H]4C(=O)N[C@]5(C(=O)O)C[C@H]5/C=C\CCCCNC(=O)N4C3)cc(-c3ccccc3)nc2c1. The van der Waals surface area contributed by atoms with Crippen molar-refractivity contribution in [2.75, 3.05) is 20.2 Å². The van der Waals surface area contributed by atoms with Crippen molar-refractivity contribution in [1.29, 1.82) is 0 Å². The maximum atomic E-state index is 13.6. The van der Waals surface area contributed by atoms with Gasteiger partial charge in [-0.2, -0.15) is 0 Å². The molecular formula is C32H34N4O6. The van der Waals surface area contributed by atoms with E-state index in [0.29, 0.717) is 30.0 Å². The van der Waals surface area contributed by atoms with Crippen LogP contribution in [0.5, 0.6) is 11.5 Å². The highest BCUT2D eigenvalue weighted by Gasteiger charge is 2.61. The van der Waals surface area contributed by atoms with E-state index in [9.17, 15) is 19.5 Å². The molecule has 3 aromatic rings. The molecule has 1 saturated carbocycles. The minimum atomic E-state index is -1.34. The minimum absolute atomic E-state index is 0.175. The van der Waals surface area contributed by atoms with Crippen LogP contribution in [0.1, 0.15) is 32.1 Å². The van der Waals surface area contributed by atoms with Gasteiger partial charge in [0.05, 0.1) is 24.9 Å². The molecule has 0 spiro atoms. The van der Waals surface area contributed by atoms with E-state index < -0.39 is 29.6 Å². The molecule has 3 amide bonds. The number of nitrogens with zero attached hydrogens (tertiary/aromatic N) is 2. The van der Waals surface area contributed by atoms with E-state index in [4.69, 9.17) is 14.5 Å². The number of aromatic nitrogens is 1. The fraction of sp³-hybridized carbons (Fsp3) is 0.375. The van der Waals surface area contributed by atoms with Crippen LogP contribution in [0.3, 0.4) is 0 Å². The van der Waals surface area contributed by atoms with Crippen molar-refractivity contribution in [3.63, 3.8) is 0 Å². The summed E-state index contributed by atoms with van der Waals surface area (Å²) in [6.45, 7) is 0.663. The first kappa shape index (κ1) is 27.6. The number of amides is 3. The Morgan fingerprint density at radius 3 is 2.74 bits per heavy atom. The zero-order valence-corrected chi connectivity index (χ0v) is 23.4. The molecule has 2 aliphatic heterocycles. The number of allylic oxidation sites excluding steroid dienone is 1. The van der Waals surface area contributed by atoms with Crippen LogP contribution in [0.25, 0.3) is 22.2 Å². The first-order chi connectivity index (χ1) is 20.4. The molecule has 3 aliphatic rings. The van der Waals surface area contributed by atoms with Crippen LogP contribution < -0.4 is 20.1 Å². The summed E-state index contributed by atoms with van der Waals surface area (Å²) in [6.07, 6.45) is 6.35. The minimum Gasteiger partial charge on any atom is -0.497 e. The van der Waals surface area contributed by atoms with Crippen LogP contribution in [0.4, 0.5) is 4.79 Å². The van der Waals surface area contributed by atoms with Crippen molar-refractivity contribution >= 4 is 28.8 Å². The predicted molar refractivity (Wildman–Crippen MR) is 156 cm³/mol. The number of methoxy groups -OCH3 is 1. The Kier molecular flexibility index (Phi) is 7.45. The molecule has 1 saturated heterocycles. The van der Waals surface area contributed by atoms with Crippen molar-refractivity contribution < 1.29 is 29.0 Å². The summed E-state index contributed by atoms with van der Waals surface area (Å²) < 4.78 is 12.0. The number of pyridine rings is 1. The maximum absolute atomic E-state index is 13.6. The predicted octanol–water partition coefficient (Wildman–Crippen LogP) is 4.14. The lowest BCUT2D eigenvalue weighted by molar-refractivity contribution is -0.144. The zero-order valence-electron chi connectivity index (χ0n) is 23.4. The lowest BCUT2D eigenvalue weighted by Gasteiger charge is -2.25. The molecule has 10 nitrogen and oxygen atoms in total. The lowest BCUT2D eigenvalue weighted by atomic mass is 10.1. The van der Waals surface area contributed by atoms with Crippen molar-refractivity contribution in [2.24, 2.45) is 5.92 Å². The summed E-state index contributed by atoms with van der Waals surface area (Å²) in [5, 5.41) is 16.5. The van der Waals surface area contributed by atoms with Gasteiger partial charge in [0.15, 0.2) is 0 Å². The molecular weight excluding hydrogens is 536 g/mol. The number of benzene rings is 2. The van der Waals surface area contributed by atoms with Gasteiger partial charge in [0.2, 0.25) is 5.91 Å². The van der Waals surface area contributed by atoms with Crippen LogP contribution >= 0.6 is 0 Å². The fourth-order valence-corrected chi connectivity index (χ4v) is 5.90. The Morgan fingerprint density at radius 1 is 1.12 bits per heavy atom. The van der Waals surface area contributed by atoms with Gasteiger partial charge >= 0.3 is 12.0 Å². The average Bonchev–Trinajstić information content (AvgIpc) is 3.53. The van der Waals surface area contributed by atoms with E-state index in [2.05, 4.69) is 10.6 Å². The van der Waals surface area contributed by atoms with E-state index in [1.54, 1.807) is 7.11 Å².